The molecule has 2 N–H and O–H groups in total. The van der Waals surface area contributed by atoms with Crippen molar-refractivity contribution in [3.63, 3.8) is 0 Å². The number of likely N-dealkylation sites (tertiary alicyclic amines) is 1. The summed E-state index contributed by atoms with van der Waals surface area (Å²) in [4.78, 5) is 36.9. The van der Waals surface area contributed by atoms with E-state index in [4.69, 9.17) is 5.11 Å². The first-order valence-electron chi connectivity index (χ1n) is 5.69. The summed E-state index contributed by atoms with van der Waals surface area (Å²) in [5.41, 5.74) is -0.852. The zero-order valence-corrected chi connectivity index (χ0v) is 10.3. The van der Waals surface area contributed by atoms with E-state index < -0.39 is 22.2 Å². The summed E-state index contributed by atoms with van der Waals surface area (Å²) in [7, 11) is 0. The number of H-pyrrole nitrogens is 1. The lowest BCUT2D eigenvalue weighted by Crippen LogP contribution is -2.35. The van der Waals surface area contributed by atoms with Crippen molar-refractivity contribution in [2.45, 2.75) is 13.3 Å². The number of carbonyl (C=O) groups is 2. The average Bonchev–Trinajstić information content (AvgIpc) is 2.95. The van der Waals surface area contributed by atoms with Crippen LogP contribution in [-0.4, -0.2) is 44.9 Å². The van der Waals surface area contributed by atoms with Crippen molar-refractivity contribution in [1.29, 1.82) is 0 Å². The van der Waals surface area contributed by atoms with E-state index in [1.54, 1.807) is 6.92 Å². The number of carboxylic acid groups (broad SMARTS) is 1. The van der Waals surface area contributed by atoms with Crippen LogP contribution in [0.15, 0.2) is 12.1 Å². The van der Waals surface area contributed by atoms with Gasteiger partial charge in [-0.3, -0.25) is 9.59 Å². The maximum Gasteiger partial charge on any atom is 0.321 e. The molecule has 1 amide bonds. The molecule has 1 atom stereocenters. The number of aromatic nitrogens is 1. The third kappa shape index (κ3) is 2.28. The standard InChI is InChI=1S/C11H13N3O5/c1-11(10(16)17)4-5-13(6-11)9(15)7-2-3-8(12-7)14(18)19/h2-3,12H,4-6H2,1H3,(H,16,17). The van der Waals surface area contributed by atoms with Crippen molar-refractivity contribution in [3.05, 3.63) is 27.9 Å². The number of hydrogen-bond donors (Lipinski definition) is 2. The first-order chi connectivity index (χ1) is 8.83. The van der Waals surface area contributed by atoms with Crippen molar-refractivity contribution in [2.75, 3.05) is 13.1 Å². The molecule has 0 radical (unpaired) electrons. The van der Waals surface area contributed by atoms with Crippen LogP contribution >= 0.6 is 0 Å². The predicted octanol–water partition coefficient (Wildman–Crippen LogP) is 0.860. The van der Waals surface area contributed by atoms with E-state index in [0.717, 1.165) is 0 Å². The van der Waals surface area contributed by atoms with Gasteiger partial charge in [0.05, 0.1) is 5.41 Å². The second kappa shape index (κ2) is 4.38. The maximum atomic E-state index is 12.1. The van der Waals surface area contributed by atoms with Gasteiger partial charge in [0.2, 0.25) is 0 Å². The largest absolute Gasteiger partial charge is 0.481 e. The summed E-state index contributed by atoms with van der Waals surface area (Å²) < 4.78 is 0. The SMILES string of the molecule is CC1(C(=O)O)CCN(C(=O)c2ccc([N+](=O)[O-])[nH]2)C1. The van der Waals surface area contributed by atoms with Gasteiger partial charge in [0, 0.05) is 19.2 Å². The summed E-state index contributed by atoms with van der Waals surface area (Å²) in [6.45, 7) is 2.02. The van der Waals surface area contributed by atoms with Crippen molar-refractivity contribution in [3.8, 4) is 0 Å². The Morgan fingerprint density at radius 3 is 2.68 bits per heavy atom. The third-order valence-corrected chi connectivity index (χ3v) is 3.37. The van der Waals surface area contributed by atoms with Gasteiger partial charge >= 0.3 is 11.8 Å². The molecule has 1 aromatic heterocycles. The fourth-order valence-corrected chi connectivity index (χ4v) is 2.09. The summed E-state index contributed by atoms with van der Waals surface area (Å²) in [6.07, 6.45) is 0.372. The van der Waals surface area contributed by atoms with Crippen molar-refractivity contribution >= 4 is 17.7 Å². The van der Waals surface area contributed by atoms with Crippen LogP contribution in [0.3, 0.4) is 0 Å². The molecule has 0 aromatic carbocycles. The minimum absolute atomic E-state index is 0.0985. The number of amides is 1. The molecule has 102 valence electrons. The van der Waals surface area contributed by atoms with Crippen molar-refractivity contribution in [2.24, 2.45) is 5.41 Å². The molecule has 19 heavy (non-hydrogen) atoms. The highest BCUT2D eigenvalue weighted by atomic mass is 16.6. The van der Waals surface area contributed by atoms with Crippen molar-refractivity contribution < 1.29 is 19.6 Å². The maximum absolute atomic E-state index is 12.1. The van der Waals surface area contributed by atoms with Gasteiger partial charge in [-0.05, 0) is 24.3 Å². The average molecular weight is 267 g/mol. The Morgan fingerprint density at radius 1 is 1.53 bits per heavy atom. The number of nitrogens with one attached hydrogen (secondary N) is 1. The zero-order valence-electron chi connectivity index (χ0n) is 10.3. The molecule has 1 saturated heterocycles. The Labute approximate surface area is 108 Å². The van der Waals surface area contributed by atoms with Crippen LogP contribution < -0.4 is 0 Å². The molecule has 0 aliphatic carbocycles. The Kier molecular flexibility index (Phi) is 3.01. The van der Waals surface area contributed by atoms with Crippen LogP contribution in [0.25, 0.3) is 0 Å². The molecule has 1 aromatic rings. The van der Waals surface area contributed by atoms with E-state index in [9.17, 15) is 19.7 Å². The molecule has 8 heteroatoms. The monoisotopic (exact) mass is 267 g/mol. The first-order valence-corrected chi connectivity index (χ1v) is 5.69. The number of aromatic amines is 1. The summed E-state index contributed by atoms with van der Waals surface area (Å²) in [6, 6.07) is 2.54. The van der Waals surface area contributed by atoms with E-state index in [2.05, 4.69) is 4.98 Å². The lowest BCUT2D eigenvalue weighted by atomic mass is 9.90. The van der Waals surface area contributed by atoms with Crippen molar-refractivity contribution in [1.82, 2.24) is 9.88 Å². The van der Waals surface area contributed by atoms with E-state index in [1.165, 1.54) is 17.0 Å². The van der Waals surface area contributed by atoms with Gasteiger partial charge in [0.1, 0.15) is 0 Å². The summed E-state index contributed by atoms with van der Waals surface area (Å²) in [5, 5.41) is 19.6. The molecule has 2 rings (SSSR count). The van der Waals surface area contributed by atoms with E-state index in [0.29, 0.717) is 13.0 Å². The quantitative estimate of drug-likeness (QED) is 0.622. The Balaban J connectivity index is 2.13. The van der Waals surface area contributed by atoms with Gasteiger partial charge in [0.15, 0.2) is 5.69 Å². The predicted molar refractivity (Wildman–Crippen MR) is 63.7 cm³/mol. The number of rotatable bonds is 3. The summed E-state index contributed by atoms with van der Waals surface area (Å²) >= 11 is 0. The fraction of sp³-hybridized carbons (Fsp3) is 0.455. The fourth-order valence-electron chi connectivity index (χ4n) is 2.09. The van der Waals surface area contributed by atoms with Gasteiger partial charge in [-0.1, -0.05) is 0 Å². The number of nitro groups is 1. The highest BCUT2D eigenvalue weighted by molar-refractivity contribution is 5.93. The van der Waals surface area contributed by atoms with Gasteiger partial charge in [-0.25, -0.2) is 4.98 Å². The van der Waals surface area contributed by atoms with Gasteiger partial charge in [0.25, 0.3) is 5.91 Å². The minimum atomic E-state index is -0.950. The normalized spacial score (nSPS) is 22.5. The van der Waals surface area contributed by atoms with E-state index in [-0.39, 0.29) is 18.1 Å². The zero-order chi connectivity index (χ0) is 14.2. The number of carboxylic acids is 1. The molecule has 2 heterocycles. The van der Waals surface area contributed by atoms with Crippen LogP contribution in [-0.2, 0) is 4.79 Å². The third-order valence-electron chi connectivity index (χ3n) is 3.37. The highest BCUT2D eigenvalue weighted by Crippen LogP contribution is 2.31. The van der Waals surface area contributed by atoms with Crippen LogP contribution in [0.2, 0.25) is 0 Å². The molecule has 1 aliphatic rings. The molecule has 8 nitrogen and oxygen atoms in total. The molecule has 0 bridgehead atoms. The molecular weight excluding hydrogens is 254 g/mol. The molecule has 1 aliphatic heterocycles. The van der Waals surface area contributed by atoms with Gasteiger partial charge in [-0.2, -0.15) is 0 Å². The highest BCUT2D eigenvalue weighted by Gasteiger charge is 2.42. The number of nitrogens with zero attached hydrogens (tertiary/aromatic N) is 2. The Morgan fingerprint density at radius 2 is 2.21 bits per heavy atom. The second-order valence-corrected chi connectivity index (χ2v) is 4.86. The van der Waals surface area contributed by atoms with E-state index >= 15 is 0 Å². The summed E-state index contributed by atoms with van der Waals surface area (Å²) in [5.74, 6) is -1.62. The lowest BCUT2D eigenvalue weighted by molar-refractivity contribution is -0.389. The molecular formula is C11H13N3O5. The number of carbonyl (C=O) groups excluding carboxylic acids is 1. The number of aliphatic carboxylic acids is 1. The van der Waals surface area contributed by atoms with Crippen LogP contribution in [0.1, 0.15) is 23.8 Å². The van der Waals surface area contributed by atoms with Crippen LogP contribution in [0.4, 0.5) is 5.82 Å². The minimum Gasteiger partial charge on any atom is -0.481 e. The van der Waals surface area contributed by atoms with E-state index in [1.807, 2.05) is 0 Å². The second-order valence-electron chi connectivity index (χ2n) is 4.86. The molecule has 1 fully saturated rings. The topological polar surface area (TPSA) is 117 Å². The molecule has 0 saturated carbocycles. The van der Waals surface area contributed by atoms with Crippen LogP contribution in [0, 0.1) is 15.5 Å². The molecule has 0 spiro atoms. The first kappa shape index (κ1) is 13.1. The lowest BCUT2D eigenvalue weighted by Gasteiger charge is -2.19. The Hall–Kier alpha value is -2.38. The smallest absolute Gasteiger partial charge is 0.321 e. The number of hydrogen-bond acceptors (Lipinski definition) is 4. The Bertz CT molecular complexity index is 552. The van der Waals surface area contributed by atoms with Gasteiger partial charge in [-0.15, -0.1) is 0 Å². The molecule has 1 unspecified atom stereocenters. The van der Waals surface area contributed by atoms with Crippen LogP contribution in [0.5, 0.6) is 0 Å². The van der Waals surface area contributed by atoms with Gasteiger partial charge < -0.3 is 20.1 Å².